The first-order valence-corrected chi connectivity index (χ1v) is 5.44. The Balaban J connectivity index is 2.85. The van der Waals surface area contributed by atoms with Gasteiger partial charge in [0.25, 0.3) is 0 Å². The van der Waals surface area contributed by atoms with E-state index in [-0.39, 0.29) is 11.5 Å². The normalized spacial score (nSPS) is 28.0. The van der Waals surface area contributed by atoms with Crippen molar-refractivity contribution in [2.75, 3.05) is 0 Å². The van der Waals surface area contributed by atoms with Crippen molar-refractivity contribution < 1.29 is 5.11 Å². The molecule has 0 aromatic rings. The van der Waals surface area contributed by atoms with Gasteiger partial charge in [0.2, 0.25) is 0 Å². The molecule has 0 aliphatic heterocycles. The second-order valence-corrected chi connectivity index (χ2v) is 5.04. The summed E-state index contributed by atoms with van der Waals surface area (Å²) in [6, 6.07) is 0. The summed E-state index contributed by atoms with van der Waals surface area (Å²) in [7, 11) is 0. The molecule has 1 aliphatic rings. The molecule has 0 bridgehead atoms. The van der Waals surface area contributed by atoms with Crippen molar-refractivity contribution in [3.8, 4) is 0 Å². The Hall–Kier alpha value is -0.560. The predicted octanol–water partition coefficient (Wildman–Crippen LogP) is 3.31. The monoisotopic (exact) mass is 194 g/mol. The molecular weight excluding hydrogens is 172 g/mol. The average molecular weight is 194 g/mol. The summed E-state index contributed by atoms with van der Waals surface area (Å²) < 4.78 is 0. The molecule has 0 radical (unpaired) electrons. The van der Waals surface area contributed by atoms with Crippen LogP contribution in [-0.4, -0.2) is 11.2 Å². The van der Waals surface area contributed by atoms with Gasteiger partial charge in [-0.05, 0) is 31.6 Å². The highest BCUT2D eigenvalue weighted by Gasteiger charge is 2.36. The van der Waals surface area contributed by atoms with Gasteiger partial charge in [-0.15, -0.1) is 6.58 Å². The maximum atomic E-state index is 10.1. The number of aliphatic hydroxyl groups excluding tert-OH is 1. The molecule has 0 heterocycles. The van der Waals surface area contributed by atoms with Gasteiger partial charge in [-0.2, -0.15) is 0 Å². The molecule has 1 unspecified atom stereocenters. The quantitative estimate of drug-likeness (QED) is 0.683. The molecule has 2 atom stereocenters. The molecule has 0 spiro atoms. The summed E-state index contributed by atoms with van der Waals surface area (Å²) in [5.74, 6) is 0.300. The number of rotatable bonds is 3. The van der Waals surface area contributed by atoms with Gasteiger partial charge in [-0.1, -0.05) is 31.6 Å². The summed E-state index contributed by atoms with van der Waals surface area (Å²) in [4.78, 5) is 0. The zero-order chi connectivity index (χ0) is 10.8. The molecule has 1 aliphatic carbocycles. The molecular formula is C13H22O. The first-order valence-electron chi connectivity index (χ1n) is 5.44. The van der Waals surface area contributed by atoms with Gasteiger partial charge in [0.15, 0.2) is 0 Å². The molecule has 0 saturated heterocycles. The highest BCUT2D eigenvalue weighted by molar-refractivity contribution is 5.14. The van der Waals surface area contributed by atoms with E-state index in [1.54, 1.807) is 0 Å². The lowest BCUT2D eigenvalue weighted by atomic mass is 9.66. The van der Waals surface area contributed by atoms with E-state index in [4.69, 9.17) is 0 Å². The molecule has 14 heavy (non-hydrogen) atoms. The van der Waals surface area contributed by atoms with Gasteiger partial charge < -0.3 is 5.11 Å². The van der Waals surface area contributed by atoms with Crippen LogP contribution in [0.15, 0.2) is 24.3 Å². The van der Waals surface area contributed by atoms with E-state index in [1.807, 2.05) is 6.08 Å². The largest absolute Gasteiger partial charge is 0.392 e. The van der Waals surface area contributed by atoms with Crippen LogP contribution in [0.4, 0.5) is 0 Å². The molecule has 1 N–H and O–H groups in total. The Morgan fingerprint density at radius 3 is 2.86 bits per heavy atom. The lowest BCUT2D eigenvalue weighted by Crippen LogP contribution is -2.36. The van der Waals surface area contributed by atoms with Crippen LogP contribution in [0, 0.1) is 11.3 Å². The smallest absolute Gasteiger partial charge is 0.0644 e. The molecule has 0 saturated carbocycles. The summed E-state index contributed by atoms with van der Waals surface area (Å²) in [6.45, 7) is 10.3. The molecule has 0 aromatic heterocycles. The van der Waals surface area contributed by atoms with Crippen LogP contribution in [0.25, 0.3) is 0 Å². The molecule has 1 heteroatoms. The lowest BCUT2D eigenvalue weighted by molar-refractivity contribution is 0.0488. The minimum atomic E-state index is -0.265. The number of allylic oxidation sites excluding steroid dienone is 1. The predicted molar refractivity (Wildman–Crippen MR) is 61.1 cm³/mol. The third kappa shape index (κ3) is 2.27. The summed E-state index contributed by atoms with van der Waals surface area (Å²) in [5, 5.41) is 10.1. The average Bonchev–Trinajstić information content (AvgIpc) is 2.02. The molecule has 0 fully saturated rings. The van der Waals surface area contributed by atoms with E-state index in [0.29, 0.717) is 12.3 Å². The minimum Gasteiger partial charge on any atom is -0.392 e. The van der Waals surface area contributed by atoms with Gasteiger partial charge in [0.05, 0.1) is 6.10 Å². The van der Waals surface area contributed by atoms with Gasteiger partial charge >= 0.3 is 0 Å². The van der Waals surface area contributed by atoms with Crippen molar-refractivity contribution in [1.82, 2.24) is 0 Å². The standard InChI is InChI=1S/C13H22O/c1-5-7-11(14)12-10(2)8-6-9-13(12,3)4/h5,8,11-12,14H,1,6-7,9H2,2-4H3/t11?,12-/m0/s1. The Bertz CT molecular complexity index is 238. The maximum Gasteiger partial charge on any atom is 0.0644 e. The first-order chi connectivity index (χ1) is 6.49. The van der Waals surface area contributed by atoms with E-state index < -0.39 is 0 Å². The highest BCUT2D eigenvalue weighted by atomic mass is 16.3. The van der Waals surface area contributed by atoms with Crippen LogP contribution < -0.4 is 0 Å². The van der Waals surface area contributed by atoms with Crippen molar-refractivity contribution in [3.05, 3.63) is 24.3 Å². The van der Waals surface area contributed by atoms with E-state index in [9.17, 15) is 5.11 Å². The van der Waals surface area contributed by atoms with Gasteiger partial charge in [-0.3, -0.25) is 0 Å². The van der Waals surface area contributed by atoms with Crippen molar-refractivity contribution in [2.45, 2.75) is 46.1 Å². The number of hydrogen-bond donors (Lipinski definition) is 1. The summed E-state index contributed by atoms with van der Waals surface area (Å²) in [6.07, 6.45) is 6.82. The lowest BCUT2D eigenvalue weighted by Gasteiger charge is -2.41. The Kier molecular flexibility index (Phi) is 3.54. The fourth-order valence-electron chi connectivity index (χ4n) is 2.70. The van der Waals surface area contributed by atoms with Gasteiger partial charge in [-0.25, -0.2) is 0 Å². The Morgan fingerprint density at radius 2 is 2.36 bits per heavy atom. The second kappa shape index (κ2) is 4.31. The van der Waals surface area contributed by atoms with E-state index in [0.717, 1.165) is 6.42 Å². The van der Waals surface area contributed by atoms with Crippen LogP contribution in [0.1, 0.15) is 40.0 Å². The van der Waals surface area contributed by atoms with Gasteiger partial charge in [0.1, 0.15) is 0 Å². The fraction of sp³-hybridized carbons (Fsp3) is 0.692. The third-order valence-electron chi connectivity index (χ3n) is 3.38. The second-order valence-electron chi connectivity index (χ2n) is 5.04. The molecule has 1 nitrogen and oxygen atoms in total. The minimum absolute atomic E-state index is 0.223. The van der Waals surface area contributed by atoms with Crippen LogP contribution >= 0.6 is 0 Å². The molecule has 80 valence electrons. The van der Waals surface area contributed by atoms with Crippen LogP contribution in [0.3, 0.4) is 0 Å². The number of hydrogen-bond acceptors (Lipinski definition) is 1. The van der Waals surface area contributed by atoms with Crippen LogP contribution in [0.2, 0.25) is 0 Å². The SMILES string of the molecule is C=CCC(O)[C@@H]1C(C)=CCCC1(C)C. The summed E-state index contributed by atoms with van der Waals surface area (Å²) >= 11 is 0. The Labute approximate surface area is 87.5 Å². The molecule has 1 rings (SSSR count). The van der Waals surface area contributed by atoms with E-state index >= 15 is 0 Å². The summed E-state index contributed by atoms with van der Waals surface area (Å²) in [5.41, 5.74) is 1.57. The third-order valence-corrected chi connectivity index (χ3v) is 3.38. The molecule has 0 amide bonds. The van der Waals surface area contributed by atoms with Crippen LogP contribution in [-0.2, 0) is 0 Å². The van der Waals surface area contributed by atoms with Crippen molar-refractivity contribution in [2.24, 2.45) is 11.3 Å². The molecule has 0 aromatic carbocycles. The zero-order valence-corrected chi connectivity index (χ0v) is 9.59. The first kappa shape index (κ1) is 11.5. The highest BCUT2D eigenvalue weighted by Crippen LogP contribution is 2.43. The topological polar surface area (TPSA) is 20.2 Å². The van der Waals surface area contributed by atoms with E-state index in [2.05, 4.69) is 33.4 Å². The fourth-order valence-corrected chi connectivity index (χ4v) is 2.70. The Morgan fingerprint density at radius 1 is 1.71 bits per heavy atom. The van der Waals surface area contributed by atoms with Crippen molar-refractivity contribution in [1.29, 1.82) is 0 Å². The van der Waals surface area contributed by atoms with Crippen molar-refractivity contribution in [3.63, 3.8) is 0 Å². The van der Waals surface area contributed by atoms with Crippen molar-refractivity contribution >= 4 is 0 Å². The zero-order valence-electron chi connectivity index (χ0n) is 9.59. The van der Waals surface area contributed by atoms with E-state index in [1.165, 1.54) is 12.0 Å². The van der Waals surface area contributed by atoms with Gasteiger partial charge in [0, 0.05) is 5.92 Å². The number of aliphatic hydroxyl groups is 1. The van der Waals surface area contributed by atoms with Crippen LogP contribution in [0.5, 0.6) is 0 Å². The maximum absolute atomic E-state index is 10.1.